The van der Waals surface area contributed by atoms with E-state index < -0.39 is 0 Å². The maximum absolute atomic E-state index is 10.3. The molecule has 0 aromatic heterocycles. The van der Waals surface area contributed by atoms with Gasteiger partial charge in [-0.1, -0.05) is 0 Å². The summed E-state index contributed by atoms with van der Waals surface area (Å²) in [4.78, 5) is 20.5. The fourth-order valence-electron chi connectivity index (χ4n) is 1.50. The molecule has 0 bridgehead atoms. The molecule has 2 aromatic carbocycles. The summed E-state index contributed by atoms with van der Waals surface area (Å²) >= 11 is 0. The van der Waals surface area contributed by atoms with Gasteiger partial charge in [-0.2, -0.15) is 10.2 Å². The normalized spacial score (nSPS) is 10.2. The molecule has 6 nitrogen and oxygen atoms in total. The zero-order valence-corrected chi connectivity index (χ0v) is 10.5. The summed E-state index contributed by atoms with van der Waals surface area (Å²) in [5.41, 5.74) is 2.75. The monoisotopic (exact) mass is 268 g/mol. The Morgan fingerprint density at radius 3 is 1.30 bits per heavy atom. The number of rotatable bonds is 6. The Hall–Kier alpha value is -3.02. The molecule has 0 aliphatic heterocycles. The van der Waals surface area contributed by atoms with Crippen molar-refractivity contribution in [2.45, 2.75) is 0 Å². The maximum atomic E-state index is 10.3. The molecule has 0 aliphatic rings. The molecule has 100 valence electrons. The Morgan fingerprint density at radius 2 is 1.00 bits per heavy atom. The van der Waals surface area contributed by atoms with Crippen molar-refractivity contribution in [1.82, 2.24) is 0 Å². The number of carbonyl (C=O) groups is 2. The number of nitrogens with zero attached hydrogens (tertiary/aromatic N) is 2. The van der Waals surface area contributed by atoms with Crippen molar-refractivity contribution in [2.75, 3.05) is 10.6 Å². The molecule has 2 aromatic rings. The van der Waals surface area contributed by atoms with Gasteiger partial charge < -0.3 is 10.6 Å². The van der Waals surface area contributed by atoms with Crippen LogP contribution in [0.25, 0.3) is 0 Å². The fraction of sp³-hybridized carbons (Fsp3) is 0. The predicted molar refractivity (Wildman–Crippen MR) is 76.4 cm³/mol. The number of anilines is 2. The Labute approximate surface area is 115 Å². The molecule has 2 rings (SSSR count). The summed E-state index contributed by atoms with van der Waals surface area (Å²) in [5.74, 6) is 0. The van der Waals surface area contributed by atoms with Gasteiger partial charge in [0.25, 0.3) is 0 Å². The number of carbonyl (C=O) groups excluding carboxylic acids is 2. The lowest BCUT2D eigenvalue weighted by atomic mass is 10.3. The highest BCUT2D eigenvalue weighted by atomic mass is 16.1. The van der Waals surface area contributed by atoms with Gasteiger partial charge in [0.05, 0.1) is 11.4 Å². The van der Waals surface area contributed by atoms with E-state index in [2.05, 4.69) is 20.9 Å². The van der Waals surface area contributed by atoms with Crippen LogP contribution in [-0.2, 0) is 9.59 Å². The van der Waals surface area contributed by atoms with Crippen LogP contribution in [0.4, 0.5) is 22.7 Å². The molecule has 0 fully saturated rings. The summed E-state index contributed by atoms with van der Waals surface area (Å²) in [5, 5.41) is 13.2. The summed E-state index contributed by atoms with van der Waals surface area (Å²) < 4.78 is 0. The van der Waals surface area contributed by atoms with Gasteiger partial charge in [-0.3, -0.25) is 9.59 Å². The third kappa shape index (κ3) is 3.74. The minimum Gasteiger partial charge on any atom is -0.329 e. The standard InChI is InChI=1S/C14H12N4O2/c19-9-15-11-1-5-13(6-2-11)17-18-14-7-3-12(4-8-14)16-10-20/h1-10H,(H,15,19)(H,16,20). The number of azo groups is 1. The average Bonchev–Trinajstić information content (AvgIpc) is 2.49. The molecule has 6 heteroatoms. The quantitative estimate of drug-likeness (QED) is 0.622. The summed E-state index contributed by atoms with van der Waals surface area (Å²) in [7, 11) is 0. The molecule has 2 N–H and O–H groups in total. The Bertz CT molecular complexity index is 551. The molecule has 20 heavy (non-hydrogen) atoms. The second-order valence-corrected chi connectivity index (χ2v) is 3.82. The number of benzene rings is 2. The molecule has 0 atom stereocenters. The first-order chi connectivity index (χ1) is 9.81. The van der Waals surface area contributed by atoms with E-state index in [0.717, 1.165) is 0 Å². The lowest BCUT2D eigenvalue weighted by Crippen LogP contribution is -1.92. The average molecular weight is 268 g/mol. The van der Waals surface area contributed by atoms with Crippen LogP contribution in [0.1, 0.15) is 0 Å². The van der Waals surface area contributed by atoms with Crippen LogP contribution >= 0.6 is 0 Å². The van der Waals surface area contributed by atoms with E-state index >= 15 is 0 Å². The van der Waals surface area contributed by atoms with Crippen LogP contribution < -0.4 is 10.6 Å². The second-order valence-electron chi connectivity index (χ2n) is 3.82. The van der Waals surface area contributed by atoms with Crippen molar-refractivity contribution in [3.05, 3.63) is 48.5 Å². The molecule has 0 saturated carbocycles. The zero-order valence-electron chi connectivity index (χ0n) is 10.5. The summed E-state index contributed by atoms with van der Waals surface area (Å²) in [6.07, 6.45) is 1.23. The first kappa shape index (κ1) is 13.4. The van der Waals surface area contributed by atoms with Crippen molar-refractivity contribution < 1.29 is 9.59 Å². The Morgan fingerprint density at radius 1 is 0.650 bits per heavy atom. The number of hydrogen-bond donors (Lipinski definition) is 2. The third-order valence-electron chi connectivity index (χ3n) is 2.47. The highest BCUT2D eigenvalue weighted by molar-refractivity contribution is 5.72. The van der Waals surface area contributed by atoms with Crippen LogP contribution in [0.2, 0.25) is 0 Å². The molecule has 0 heterocycles. The molecule has 0 radical (unpaired) electrons. The van der Waals surface area contributed by atoms with Gasteiger partial charge in [0, 0.05) is 11.4 Å². The van der Waals surface area contributed by atoms with E-state index in [1.165, 1.54) is 0 Å². The maximum Gasteiger partial charge on any atom is 0.211 e. The fourth-order valence-corrected chi connectivity index (χ4v) is 1.50. The Balaban J connectivity index is 2.04. The van der Waals surface area contributed by atoms with Crippen molar-refractivity contribution in [1.29, 1.82) is 0 Å². The third-order valence-corrected chi connectivity index (χ3v) is 2.47. The van der Waals surface area contributed by atoms with Gasteiger partial charge in [0.2, 0.25) is 12.8 Å². The smallest absolute Gasteiger partial charge is 0.211 e. The van der Waals surface area contributed by atoms with Crippen LogP contribution in [0.15, 0.2) is 58.8 Å². The molecule has 0 spiro atoms. The topological polar surface area (TPSA) is 82.9 Å². The molecule has 2 amide bonds. The van der Waals surface area contributed by atoms with Gasteiger partial charge in [-0.25, -0.2) is 0 Å². The molecule has 0 aliphatic carbocycles. The lowest BCUT2D eigenvalue weighted by molar-refractivity contribution is -0.106. The van der Waals surface area contributed by atoms with E-state index in [4.69, 9.17) is 0 Å². The lowest BCUT2D eigenvalue weighted by Gasteiger charge is -1.99. The number of nitrogens with one attached hydrogen (secondary N) is 2. The minimum absolute atomic E-state index is 0.617. The van der Waals surface area contributed by atoms with E-state index in [1.807, 2.05) is 0 Å². The SMILES string of the molecule is O=CNc1ccc(N=Nc2ccc(NC=O)cc2)cc1. The van der Waals surface area contributed by atoms with E-state index in [9.17, 15) is 9.59 Å². The van der Waals surface area contributed by atoms with Gasteiger partial charge in [0.1, 0.15) is 0 Å². The van der Waals surface area contributed by atoms with Crippen LogP contribution in [0.5, 0.6) is 0 Å². The van der Waals surface area contributed by atoms with Gasteiger partial charge in [0.15, 0.2) is 0 Å². The van der Waals surface area contributed by atoms with Gasteiger partial charge in [-0.15, -0.1) is 0 Å². The number of amides is 2. The van der Waals surface area contributed by atoms with E-state index in [0.29, 0.717) is 35.6 Å². The van der Waals surface area contributed by atoms with Crippen LogP contribution in [0, 0.1) is 0 Å². The van der Waals surface area contributed by atoms with Crippen molar-refractivity contribution in [2.24, 2.45) is 10.2 Å². The molecular formula is C14H12N4O2. The minimum atomic E-state index is 0.617. The van der Waals surface area contributed by atoms with Crippen LogP contribution in [-0.4, -0.2) is 12.8 Å². The van der Waals surface area contributed by atoms with Gasteiger partial charge in [-0.05, 0) is 48.5 Å². The molecular weight excluding hydrogens is 256 g/mol. The largest absolute Gasteiger partial charge is 0.329 e. The van der Waals surface area contributed by atoms with Crippen molar-refractivity contribution in [3.63, 3.8) is 0 Å². The van der Waals surface area contributed by atoms with Crippen molar-refractivity contribution >= 4 is 35.6 Å². The highest BCUT2D eigenvalue weighted by Crippen LogP contribution is 2.21. The molecule has 0 unspecified atom stereocenters. The second kappa shape index (κ2) is 6.79. The predicted octanol–water partition coefficient (Wildman–Crippen LogP) is 3.24. The van der Waals surface area contributed by atoms with Crippen molar-refractivity contribution in [3.8, 4) is 0 Å². The molecule has 0 saturated heterocycles. The summed E-state index contributed by atoms with van der Waals surface area (Å²) in [6.45, 7) is 0. The first-order valence-corrected chi connectivity index (χ1v) is 5.84. The van der Waals surface area contributed by atoms with Gasteiger partial charge >= 0.3 is 0 Å². The highest BCUT2D eigenvalue weighted by Gasteiger charge is 1.94. The zero-order chi connectivity index (χ0) is 14.2. The summed E-state index contributed by atoms with van der Waals surface area (Å²) in [6, 6.07) is 13.9. The first-order valence-electron chi connectivity index (χ1n) is 5.84. The number of hydrogen-bond acceptors (Lipinski definition) is 4. The van der Waals surface area contributed by atoms with Crippen LogP contribution in [0.3, 0.4) is 0 Å². The van der Waals surface area contributed by atoms with E-state index in [1.54, 1.807) is 48.5 Å². The van der Waals surface area contributed by atoms with E-state index in [-0.39, 0.29) is 0 Å². The Kier molecular flexibility index (Phi) is 4.55.